The highest BCUT2D eigenvalue weighted by Crippen LogP contribution is 2.26. The minimum Gasteiger partial charge on any atom is -0.465 e. The summed E-state index contributed by atoms with van der Waals surface area (Å²) >= 11 is 0. The molecular weight excluding hydrogens is 328 g/mol. The zero-order chi connectivity index (χ0) is 18.8. The third kappa shape index (κ3) is 3.08. The SMILES string of the molecule is COC(=O)c1cn([C@@H](C)C(=O)Nc2cccc(C)c2C)c2ccccc12. The second-order valence-electron chi connectivity index (χ2n) is 6.37. The number of amides is 1. The van der Waals surface area contributed by atoms with Crippen LogP contribution in [0.25, 0.3) is 10.9 Å². The molecule has 0 bridgehead atoms. The summed E-state index contributed by atoms with van der Waals surface area (Å²) in [4.78, 5) is 24.9. The topological polar surface area (TPSA) is 60.3 Å². The first-order valence-electron chi connectivity index (χ1n) is 8.49. The molecule has 1 heterocycles. The van der Waals surface area contributed by atoms with E-state index in [1.165, 1.54) is 7.11 Å². The molecule has 134 valence electrons. The zero-order valence-electron chi connectivity index (χ0n) is 15.4. The molecule has 2 aromatic carbocycles. The molecule has 0 aliphatic carbocycles. The maximum Gasteiger partial charge on any atom is 0.340 e. The quantitative estimate of drug-likeness (QED) is 0.716. The second kappa shape index (κ2) is 7.04. The van der Waals surface area contributed by atoms with Crippen LogP contribution < -0.4 is 5.32 Å². The van der Waals surface area contributed by atoms with Crippen molar-refractivity contribution in [1.82, 2.24) is 4.57 Å². The van der Waals surface area contributed by atoms with Crippen LogP contribution in [0.5, 0.6) is 0 Å². The minimum absolute atomic E-state index is 0.143. The van der Waals surface area contributed by atoms with Crippen LogP contribution >= 0.6 is 0 Å². The second-order valence-corrected chi connectivity index (χ2v) is 6.37. The van der Waals surface area contributed by atoms with Crippen LogP contribution in [0.15, 0.2) is 48.7 Å². The van der Waals surface area contributed by atoms with Crippen LogP contribution in [0.1, 0.15) is 34.5 Å². The highest BCUT2D eigenvalue weighted by Gasteiger charge is 2.22. The van der Waals surface area contributed by atoms with Crippen LogP contribution in [-0.4, -0.2) is 23.6 Å². The molecule has 0 spiro atoms. The molecule has 1 amide bonds. The number of nitrogens with zero attached hydrogens (tertiary/aromatic N) is 1. The van der Waals surface area contributed by atoms with Crippen LogP contribution in [0.4, 0.5) is 5.69 Å². The molecule has 0 unspecified atom stereocenters. The average Bonchev–Trinajstić information content (AvgIpc) is 3.04. The van der Waals surface area contributed by atoms with E-state index in [9.17, 15) is 9.59 Å². The van der Waals surface area contributed by atoms with Crippen LogP contribution in [0.2, 0.25) is 0 Å². The van der Waals surface area contributed by atoms with E-state index in [0.29, 0.717) is 5.56 Å². The van der Waals surface area contributed by atoms with E-state index in [4.69, 9.17) is 4.74 Å². The summed E-state index contributed by atoms with van der Waals surface area (Å²) in [6.07, 6.45) is 1.68. The van der Waals surface area contributed by atoms with Crippen molar-refractivity contribution >= 4 is 28.5 Å². The third-order valence-electron chi connectivity index (χ3n) is 4.81. The van der Waals surface area contributed by atoms with Gasteiger partial charge in [0.2, 0.25) is 5.91 Å². The maximum absolute atomic E-state index is 12.8. The lowest BCUT2D eigenvalue weighted by molar-refractivity contribution is -0.118. The Bertz CT molecular complexity index is 988. The molecule has 5 nitrogen and oxygen atoms in total. The first-order valence-corrected chi connectivity index (χ1v) is 8.49. The number of ether oxygens (including phenoxy) is 1. The Labute approximate surface area is 152 Å². The third-order valence-corrected chi connectivity index (χ3v) is 4.81. The summed E-state index contributed by atoms with van der Waals surface area (Å²) in [5, 5.41) is 3.76. The molecule has 0 aliphatic rings. The lowest BCUT2D eigenvalue weighted by Gasteiger charge is -2.17. The molecule has 0 radical (unpaired) electrons. The van der Waals surface area contributed by atoms with Crippen molar-refractivity contribution in [1.29, 1.82) is 0 Å². The van der Waals surface area contributed by atoms with Crippen molar-refractivity contribution in [2.45, 2.75) is 26.8 Å². The van der Waals surface area contributed by atoms with Gasteiger partial charge in [0.15, 0.2) is 0 Å². The number of para-hydroxylation sites is 1. The molecular formula is C21H22N2O3. The van der Waals surface area contributed by atoms with Crippen LogP contribution in [0, 0.1) is 13.8 Å². The summed E-state index contributed by atoms with van der Waals surface area (Å²) in [7, 11) is 1.35. The monoisotopic (exact) mass is 350 g/mol. The van der Waals surface area contributed by atoms with Crippen molar-refractivity contribution in [3.8, 4) is 0 Å². The summed E-state index contributed by atoms with van der Waals surface area (Å²) in [6.45, 7) is 5.81. The lowest BCUT2D eigenvalue weighted by atomic mass is 10.1. The molecule has 0 saturated carbocycles. The van der Waals surface area contributed by atoms with Gasteiger partial charge in [0.1, 0.15) is 6.04 Å². The Morgan fingerprint density at radius 3 is 2.54 bits per heavy atom. The van der Waals surface area contributed by atoms with E-state index in [1.807, 2.05) is 67.8 Å². The number of anilines is 1. The number of carbonyl (C=O) groups is 2. The fraction of sp³-hybridized carbons (Fsp3) is 0.238. The minimum atomic E-state index is -0.488. The number of benzene rings is 2. The van der Waals surface area contributed by atoms with Crippen molar-refractivity contribution in [2.24, 2.45) is 0 Å². The highest BCUT2D eigenvalue weighted by atomic mass is 16.5. The summed E-state index contributed by atoms with van der Waals surface area (Å²) in [5.41, 5.74) is 4.23. The van der Waals surface area contributed by atoms with Gasteiger partial charge >= 0.3 is 5.97 Å². The molecule has 0 aliphatic heterocycles. The van der Waals surface area contributed by atoms with Gasteiger partial charge in [-0.25, -0.2) is 4.79 Å². The average molecular weight is 350 g/mol. The number of fused-ring (bicyclic) bond motifs is 1. The lowest BCUT2D eigenvalue weighted by Crippen LogP contribution is -2.23. The molecule has 1 N–H and O–H groups in total. The van der Waals surface area contributed by atoms with Gasteiger partial charge in [-0.3, -0.25) is 4.79 Å². The molecule has 3 aromatic rings. The molecule has 3 rings (SSSR count). The molecule has 5 heteroatoms. The van der Waals surface area contributed by atoms with Crippen molar-refractivity contribution < 1.29 is 14.3 Å². The van der Waals surface area contributed by atoms with Gasteiger partial charge in [0, 0.05) is 22.8 Å². The van der Waals surface area contributed by atoms with Crippen molar-refractivity contribution in [3.05, 3.63) is 65.4 Å². The Balaban J connectivity index is 1.97. The van der Waals surface area contributed by atoms with E-state index < -0.39 is 12.0 Å². The van der Waals surface area contributed by atoms with E-state index >= 15 is 0 Å². The first kappa shape index (κ1) is 17.7. The molecule has 1 atom stereocenters. The molecule has 1 aromatic heterocycles. The zero-order valence-corrected chi connectivity index (χ0v) is 15.4. The summed E-state index contributed by atoms with van der Waals surface area (Å²) < 4.78 is 6.68. The molecule has 0 fully saturated rings. The van der Waals surface area contributed by atoms with Gasteiger partial charge in [0.25, 0.3) is 0 Å². The Morgan fingerprint density at radius 2 is 1.81 bits per heavy atom. The van der Waals surface area contributed by atoms with E-state index in [0.717, 1.165) is 27.7 Å². The van der Waals surface area contributed by atoms with Crippen molar-refractivity contribution in [2.75, 3.05) is 12.4 Å². The Kier molecular flexibility index (Phi) is 4.80. The Morgan fingerprint density at radius 1 is 1.08 bits per heavy atom. The number of aromatic nitrogens is 1. The Hall–Kier alpha value is -3.08. The number of aryl methyl sites for hydroxylation is 1. The summed E-state index contributed by atoms with van der Waals surface area (Å²) in [5.74, 6) is -0.557. The predicted molar refractivity (Wildman–Crippen MR) is 103 cm³/mol. The highest BCUT2D eigenvalue weighted by molar-refractivity contribution is 6.05. The number of carbonyl (C=O) groups excluding carboxylic acids is 2. The molecule has 26 heavy (non-hydrogen) atoms. The summed E-state index contributed by atoms with van der Waals surface area (Å²) in [6, 6.07) is 12.8. The number of esters is 1. The van der Waals surface area contributed by atoms with Crippen LogP contribution in [-0.2, 0) is 9.53 Å². The normalized spacial score (nSPS) is 12.0. The van der Waals surface area contributed by atoms with E-state index in [-0.39, 0.29) is 5.91 Å². The first-order chi connectivity index (χ1) is 12.4. The largest absolute Gasteiger partial charge is 0.465 e. The van der Waals surface area contributed by atoms with Gasteiger partial charge in [0.05, 0.1) is 12.7 Å². The van der Waals surface area contributed by atoms with Crippen molar-refractivity contribution in [3.63, 3.8) is 0 Å². The smallest absolute Gasteiger partial charge is 0.340 e. The van der Waals surface area contributed by atoms with E-state index in [1.54, 1.807) is 6.20 Å². The van der Waals surface area contributed by atoms with Gasteiger partial charge in [-0.05, 0) is 44.0 Å². The standard InChI is InChI=1S/C21H22N2O3/c1-13-8-7-10-18(14(13)2)22-20(24)15(3)23-12-17(21(25)26-4)16-9-5-6-11-19(16)23/h5-12,15H,1-4H3,(H,22,24)/t15-/m0/s1. The fourth-order valence-corrected chi connectivity index (χ4v) is 3.05. The number of rotatable bonds is 4. The number of nitrogens with one attached hydrogen (secondary N) is 1. The van der Waals surface area contributed by atoms with Gasteiger partial charge < -0.3 is 14.6 Å². The predicted octanol–water partition coefficient (Wildman–Crippen LogP) is 4.24. The van der Waals surface area contributed by atoms with Crippen LogP contribution in [0.3, 0.4) is 0 Å². The van der Waals surface area contributed by atoms with Gasteiger partial charge in [-0.2, -0.15) is 0 Å². The number of hydrogen-bond donors (Lipinski definition) is 1. The number of hydrogen-bond acceptors (Lipinski definition) is 3. The van der Waals surface area contributed by atoms with E-state index in [2.05, 4.69) is 5.32 Å². The van der Waals surface area contributed by atoms with Gasteiger partial charge in [-0.15, -0.1) is 0 Å². The van der Waals surface area contributed by atoms with Gasteiger partial charge in [-0.1, -0.05) is 30.3 Å². The maximum atomic E-state index is 12.8. The number of methoxy groups -OCH3 is 1. The fourth-order valence-electron chi connectivity index (χ4n) is 3.05. The molecule has 0 saturated heterocycles.